The molecule has 68 valence electrons. The third kappa shape index (κ3) is 2.51. The number of aromatic nitrogens is 1. The van der Waals surface area contributed by atoms with Crippen LogP contribution in [0.2, 0.25) is 0 Å². The fourth-order valence-corrected chi connectivity index (χ4v) is 1.84. The van der Waals surface area contributed by atoms with Crippen molar-refractivity contribution in [3.05, 3.63) is 16.1 Å². The van der Waals surface area contributed by atoms with Crippen LogP contribution in [0.4, 0.5) is 0 Å². The van der Waals surface area contributed by atoms with Gasteiger partial charge in [-0.05, 0) is 12.8 Å². The molecule has 0 aromatic carbocycles. The molecule has 2 rings (SSSR count). The lowest BCUT2D eigenvalue weighted by Crippen LogP contribution is -2.15. The van der Waals surface area contributed by atoms with Crippen LogP contribution in [0.5, 0.6) is 0 Å². The van der Waals surface area contributed by atoms with E-state index in [9.17, 15) is 0 Å². The Bertz CT molecular complexity index is 322. The van der Waals surface area contributed by atoms with E-state index in [0.717, 1.165) is 23.3 Å². The number of nitrogens with one attached hydrogen (secondary N) is 1. The number of nitrogens with zero attached hydrogens (tertiary/aromatic N) is 2. The second-order valence-corrected chi connectivity index (χ2v) is 4.17. The molecule has 0 radical (unpaired) electrons. The zero-order chi connectivity index (χ0) is 9.10. The maximum Gasteiger partial charge on any atom is 0.107 e. The second kappa shape index (κ2) is 3.86. The minimum absolute atomic E-state index is 0.439. The van der Waals surface area contributed by atoms with Crippen molar-refractivity contribution in [2.24, 2.45) is 0 Å². The van der Waals surface area contributed by atoms with Crippen LogP contribution < -0.4 is 5.32 Å². The Balaban J connectivity index is 1.85. The molecule has 0 spiro atoms. The smallest absolute Gasteiger partial charge is 0.107 e. The number of thiazole rings is 1. The molecule has 0 saturated heterocycles. The Morgan fingerprint density at radius 1 is 1.69 bits per heavy atom. The lowest BCUT2D eigenvalue weighted by atomic mass is 10.4. The van der Waals surface area contributed by atoms with Gasteiger partial charge in [-0.2, -0.15) is 5.26 Å². The molecule has 1 N–H and O–H groups in total. The van der Waals surface area contributed by atoms with E-state index in [4.69, 9.17) is 5.26 Å². The van der Waals surface area contributed by atoms with Crippen LogP contribution in [0.1, 0.15) is 23.5 Å². The topological polar surface area (TPSA) is 48.7 Å². The molecule has 1 fully saturated rings. The van der Waals surface area contributed by atoms with Gasteiger partial charge in [0, 0.05) is 18.0 Å². The fraction of sp³-hybridized carbons (Fsp3) is 0.556. The van der Waals surface area contributed by atoms with Crippen LogP contribution in [0.15, 0.2) is 5.38 Å². The lowest BCUT2D eigenvalue weighted by Gasteiger charge is -1.96. The van der Waals surface area contributed by atoms with Gasteiger partial charge in [-0.1, -0.05) is 0 Å². The van der Waals surface area contributed by atoms with Gasteiger partial charge in [0.25, 0.3) is 0 Å². The predicted octanol–water partition coefficient (Wildman–Crippen LogP) is 1.46. The highest BCUT2D eigenvalue weighted by atomic mass is 32.1. The Labute approximate surface area is 81.4 Å². The largest absolute Gasteiger partial charge is 0.308 e. The summed E-state index contributed by atoms with van der Waals surface area (Å²) in [4.78, 5) is 4.33. The zero-order valence-electron chi connectivity index (χ0n) is 7.29. The third-order valence-electron chi connectivity index (χ3n) is 1.98. The molecule has 0 amide bonds. The number of rotatable bonds is 4. The molecular formula is C9H11N3S. The fourth-order valence-electron chi connectivity index (χ4n) is 1.12. The monoisotopic (exact) mass is 193 g/mol. The van der Waals surface area contributed by atoms with Gasteiger partial charge in [0.1, 0.15) is 5.01 Å². The van der Waals surface area contributed by atoms with Gasteiger partial charge in [-0.3, -0.25) is 0 Å². The lowest BCUT2D eigenvalue weighted by molar-refractivity contribution is 0.676. The minimum Gasteiger partial charge on any atom is -0.308 e. The summed E-state index contributed by atoms with van der Waals surface area (Å²) in [7, 11) is 0. The van der Waals surface area contributed by atoms with Crippen molar-refractivity contribution in [1.82, 2.24) is 10.3 Å². The number of hydrogen-bond donors (Lipinski definition) is 1. The molecule has 1 aromatic heterocycles. The van der Waals surface area contributed by atoms with Gasteiger partial charge in [0.15, 0.2) is 0 Å². The zero-order valence-corrected chi connectivity index (χ0v) is 8.10. The van der Waals surface area contributed by atoms with E-state index in [1.54, 1.807) is 11.3 Å². The van der Waals surface area contributed by atoms with Crippen molar-refractivity contribution in [3.8, 4) is 6.07 Å². The van der Waals surface area contributed by atoms with E-state index in [1.165, 1.54) is 12.8 Å². The SMILES string of the molecule is N#CCc1nc(CNC2CC2)cs1. The first-order chi connectivity index (χ1) is 6.38. The summed E-state index contributed by atoms with van der Waals surface area (Å²) in [5.74, 6) is 0. The van der Waals surface area contributed by atoms with Gasteiger partial charge < -0.3 is 5.32 Å². The standard InChI is InChI=1S/C9H11N3S/c10-4-3-9-12-8(6-13-9)5-11-7-1-2-7/h6-7,11H,1-3,5H2. The molecule has 1 aliphatic carbocycles. The number of hydrogen-bond acceptors (Lipinski definition) is 4. The molecule has 3 nitrogen and oxygen atoms in total. The summed E-state index contributed by atoms with van der Waals surface area (Å²) >= 11 is 1.57. The van der Waals surface area contributed by atoms with Crippen molar-refractivity contribution in [2.45, 2.75) is 31.8 Å². The first-order valence-corrected chi connectivity index (χ1v) is 5.30. The molecule has 1 heterocycles. The van der Waals surface area contributed by atoms with E-state index in [-0.39, 0.29) is 0 Å². The average molecular weight is 193 g/mol. The van der Waals surface area contributed by atoms with Gasteiger partial charge in [-0.15, -0.1) is 11.3 Å². The van der Waals surface area contributed by atoms with Gasteiger partial charge >= 0.3 is 0 Å². The van der Waals surface area contributed by atoms with E-state index in [0.29, 0.717) is 6.42 Å². The average Bonchev–Trinajstić information content (AvgIpc) is 2.85. The summed E-state index contributed by atoms with van der Waals surface area (Å²) in [6.07, 6.45) is 3.04. The molecule has 0 bridgehead atoms. The van der Waals surface area contributed by atoms with E-state index >= 15 is 0 Å². The van der Waals surface area contributed by atoms with Crippen LogP contribution in [-0.2, 0) is 13.0 Å². The molecule has 1 aliphatic rings. The Hall–Kier alpha value is -0.920. The van der Waals surface area contributed by atoms with Gasteiger partial charge in [-0.25, -0.2) is 4.98 Å². The molecular weight excluding hydrogens is 182 g/mol. The van der Waals surface area contributed by atoms with E-state index in [2.05, 4.69) is 16.4 Å². The van der Waals surface area contributed by atoms with E-state index < -0.39 is 0 Å². The highest BCUT2D eigenvalue weighted by Gasteiger charge is 2.20. The maximum absolute atomic E-state index is 8.46. The highest BCUT2D eigenvalue weighted by molar-refractivity contribution is 7.09. The van der Waals surface area contributed by atoms with Crippen LogP contribution >= 0.6 is 11.3 Å². The van der Waals surface area contributed by atoms with Crippen molar-refractivity contribution >= 4 is 11.3 Å². The minimum atomic E-state index is 0.439. The quantitative estimate of drug-likeness (QED) is 0.787. The highest BCUT2D eigenvalue weighted by Crippen LogP contribution is 2.19. The van der Waals surface area contributed by atoms with Crippen molar-refractivity contribution in [3.63, 3.8) is 0 Å². The van der Waals surface area contributed by atoms with Gasteiger partial charge in [0.05, 0.1) is 18.2 Å². The van der Waals surface area contributed by atoms with Crippen LogP contribution in [-0.4, -0.2) is 11.0 Å². The van der Waals surface area contributed by atoms with Crippen molar-refractivity contribution in [2.75, 3.05) is 0 Å². The Morgan fingerprint density at radius 2 is 2.54 bits per heavy atom. The first kappa shape index (κ1) is 8.67. The molecule has 0 atom stereocenters. The summed E-state index contributed by atoms with van der Waals surface area (Å²) in [6.45, 7) is 0.854. The number of nitriles is 1. The predicted molar refractivity (Wildman–Crippen MR) is 51.3 cm³/mol. The molecule has 0 unspecified atom stereocenters. The Morgan fingerprint density at radius 3 is 3.23 bits per heavy atom. The molecule has 0 aliphatic heterocycles. The van der Waals surface area contributed by atoms with E-state index in [1.807, 2.05) is 5.38 Å². The van der Waals surface area contributed by atoms with Crippen LogP contribution in [0.3, 0.4) is 0 Å². The second-order valence-electron chi connectivity index (χ2n) is 3.22. The normalized spacial score (nSPS) is 15.6. The van der Waals surface area contributed by atoms with Gasteiger partial charge in [0.2, 0.25) is 0 Å². The molecule has 13 heavy (non-hydrogen) atoms. The van der Waals surface area contributed by atoms with Crippen molar-refractivity contribution in [1.29, 1.82) is 5.26 Å². The molecule has 1 aromatic rings. The molecule has 1 saturated carbocycles. The summed E-state index contributed by atoms with van der Waals surface area (Å²) in [5.41, 5.74) is 1.07. The summed E-state index contributed by atoms with van der Waals surface area (Å²) in [5, 5.41) is 14.8. The third-order valence-corrected chi connectivity index (χ3v) is 2.88. The van der Waals surface area contributed by atoms with Crippen LogP contribution in [0.25, 0.3) is 0 Å². The molecule has 4 heteroatoms. The Kier molecular flexibility index (Phi) is 2.57. The maximum atomic E-state index is 8.46. The van der Waals surface area contributed by atoms with Crippen molar-refractivity contribution < 1.29 is 0 Å². The van der Waals surface area contributed by atoms with Crippen LogP contribution in [0, 0.1) is 11.3 Å². The summed E-state index contributed by atoms with van der Waals surface area (Å²) < 4.78 is 0. The summed E-state index contributed by atoms with van der Waals surface area (Å²) in [6, 6.07) is 2.83. The first-order valence-electron chi connectivity index (χ1n) is 4.42.